The number of aliphatic hydroxyl groups excluding tert-OH is 1. The van der Waals surface area contributed by atoms with E-state index in [-0.39, 0.29) is 11.3 Å². The van der Waals surface area contributed by atoms with Gasteiger partial charge in [-0.1, -0.05) is 6.07 Å². The molecule has 0 radical (unpaired) electrons. The highest BCUT2D eigenvalue weighted by Crippen LogP contribution is 2.26. The van der Waals surface area contributed by atoms with Crippen LogP contribution in [0.15, 0.2) is 35.9 Å². The van der Waals surface area contributed by atoms with E-state index in [4.69, 9.17) is 0 Å². The fourth-order valence-corrected chi connectivity index (χ4v) is 2.01. The lowest BCUT2D eigenvalue weighted by atomic mass is 10.1. The Bertz CT molecular complexity index is 522. The van der Waals surface area contributed by atoms with Crippen LogP contribution < -0.4 is 0 Å². The summed E-state index contributed by atoms with van der Waals surface area (Å²) in [7, 11) is 0. The van der Waals surface area contributed by atoms with Gasteiger partial charge in [-0.15, -0.1) is 0 Å². The molecule has 18 heavy (non-hydrogen) atoms. The number of carbonyl (C=O) groups excluding carboxylic acids is 2. The Kier molecular flexibility index (Phi) is 3.14. The third-order valence-electron chi connectivity index (χ3n) is 3.02. The van der Waals surface area contributed by atoms with Crippen molar-refractivity contribution in [2.24, 2.45) is 0 Å². The fourth-order valence-electron chi connectivity index (χ4n) is 2.01. The largest absolute Gasteiger partial charge is 0.509 e. The minimum absolute atomic E-state index is 0.105. The molecule has 94 valence electrons. The summed E-state index contributed by atoms with van der Waals surface area (Å²) in [6, 6.07) is 3.15. The van der Waals surface area contributed by atoms with E-state index < -0.39 is 17.7 Å². The normalized spacial score (nSPS) is 19.6. The molecule has 1 atom stereocenters. The van der Waals surface area contributed by atoms with Crippen LogP contribution in [0.5, 0.6) is 0 Å². The van der Waals surface area contributed by atoms with E-state index in [0.29, 0.717) is 6.54 Å². The highest BCUT2D eigenvalue weighted by atomic mass is 16.3. The molecule has 0 bridgehead atoms. The van der Waals surface area contributed by atoms with E-state index in [0.717, 1.165) is 5.56 Å². The van der Waals surface area contributed by atoms with E-state index in [9.17, 15) is 14.7 Å². The number of rotatable bonds is 3. The molecule has 2 heterocycles. The molecule has 0 spiro atoms. The topological polar surface area (TPSA) is 70.5 Å². The molecule has 1 aliphatic heterocycles. The minimum atomic E-state index is -0.475. The lowest BCUT2D eigenvalue weighted by molar-refractivity contribution is -0.129. The Balaban J connectivity index is 2.24. The quantitative estimate of drug-likeness (QED) is 0.814. The zero-order valence-corrected chi connectivity index (χ0v) is 10.3. The van der Waals surface area contributed by atoms with Crippen molar-refractivity contribution in [1.82, 2.24) is 9.88 Å². The molecule has 1 N–H and O–H groups in total. The Hall–Kier alpha value is -2.17. The van der Waals surface area contributed by atoms with Crippen molar-refractivity contribution in [2.45, 2.75) is 26.4 Å². The number of hydrogen-bond acceptors (Lipinski definition) is 4. The summed E-state index contributed by atoms with van der Waals surface area (Å²) in [5, 5.41) is 9.83. The van der Waals surface area contributed by atoms with Crippen LogP contribution in [-0.4, -0.2) is 32.7 Å². The van der Waals surface area contributed by atoms with Crippen molar-refractivity contribution >= 4 is 11.7 Å². The molecule has 0 saturated heterocycles. The van der Waals surface area contributed by atoms with Gasteiger partial charge in [0.1, 0.15) is 11.3 Å². The molecule has 0 aromatic carbocycles. The number of aromatic nitrogens is 1. The summed E-state index contributed by atoms with van der Waals surface area (Å²) in [5.41, 5.74) is 0.752. The van der Waals surface area contributed by atoms with Crippen molar-refractivity contribution in [3.63, 3.8) is 0 Å². The number of ketones is 1. The van der Waals surface area contributed by atoms with Gasteiger partial charge < -0.3 is 10.0 Å². The first-order valence-corrected chi connectivity index (χ1v) is 5.66. The van der Waals surface area contributed by atoms with Crippen LogP contribution in [0.4, 0.5) is 0 Å². The van der Waals surface area contributed by atoms with E-state index >= 15 is 0 Å². The van der Waals surface area contributed by atoms with Crippen LogP contribution in [0.25, 0.3) is 0 Å². The van der Waals surface area contributed by atoms with Crippen LogP contribution in [0, 0.1) is 0 Å². The molecule has 2 rings (SSSR count). The van der Waals surface area contributed by atoms with Gasteiger partial charge in [-0.3, -0.25) is 14.6 Å². The zero-order chi connectivity index (χ0) is 13.3. The van der Waals surface area contributed by atoms with Gasteiger partial charge in [0.25, 0.3) is 5.91 Å². The first-order chi connectivity index (χ1) is 8.52. The molecular formula is C13H14N2O3. The van der Waals surface area contributed by atoms with Gasteiger partial charge in [0.2, 0.25) is 0 Å². The lowest BCUT2D eigenvalue weighted by Crippen LogP contribution is -2.33. The van der Waals surface area contributed by atoms with Crippen LogP contribution in [0.2, 0.25) is 0 Å². The Labute approximate surface area is 105 Å². The number of amides is 1. The Morgan fingerprint density at radius 1 is 1.56 bits per heavy atom. The van der Waals surface area contributed by atoms with Crippen LogP contribution in [-0.2, 0) is 16.1 Å². The summed E-state index contributed by atoms with van der Waals surface area (Å²) in [6.45, 7) is 3.30. The summed E-state index contributed by atoms with van der Waals surface area (Å²) in [4.78, 5) is 28.8. The van der Waals surface area contributed by atoms with Crippen LogP contribution in [0.1, 0.15) is 19.4 Å². The first-order valence-electron chi connectivity index (χ1n) is 5.66. The molecular weight excluding hydrogens is 232 g/mol. The second-order valence-corrected chi connectivity index (χ2v) is 4.29. The second kappa shape index (κ2) is 4.60. The average molecular weight is 246 g/mol. The number of carbonyl (C=O) groups is 2. The average Bonchev–Trinajstić information content (AvgIpc) is 2.55. The highest BCUT2D eigenvalue weighted by molar-refractivity contribution is 6.20. The third kappa shape index (κ3) is 1.99. The summed E-state index contributed by atoms with van der Waals surface area (Å²) < 4.78 is 0. The second-order valence-electron chi connectivity index (χ2n) is 4.29. The Morgan fingerprint density at radius 2 is 2.28 bits per heavy atom. The SMILES string of the molecule is CC(=O)C1=C(O)C(C)N(Cc2cccnc2)C1=O. The van der Waals surface area contributed by atoms with E-state index in [1.165, 1.54) is 11.8 Å². The molecule has 5 heteroatoms. The van der Waals surface area contributed by atoms with Crippen molar-refractivity contribution in [3.05, 3.63) is 41.4 Å². The van der Waals surface area contributed by atoms with Gasteiger partial charge in [-0.25, -0.2) is 0 Å². The fraction of sp³-hybridized carbons (Fsp3) is 0.308. The van der Waals surface area contributed by atoms with E-state index in [1.807, 2.05) is 6.07 Å². The van der Waals surface area contributed by atoms with Gasteiger partial charge in [-0.05, 0) is 25.5 Å². The van der Waals surface area contributed by atoms with E-state index in [2.05, 4.69) is 4.98 Å². The molecule has 5 nitrogen and oxygen atoms in total. The number of nitrogens with zero attached hydrogens (tertiary/aromatic N) is 2. The number of Topliss-reactive ketones (excluding diaryl/α,β-unsaturated/α-hetero) is 1. The standard InChI is InChI=1S/C13H14N2O3/c1-8-12(17)11(9(2)16)13(18)15(8)7-10-4-3-5-14-6-10/h3-6,8,17H,7H2,1-2H3. The maximum atomic E-state index is 12.0. The molecule has 1 aromatic heterocycles. The van der Waals surface area contributed by atoms with E-state index in [1.54, 1.807) is 25.4 Å². The van der Waals surface area contributed by atoms with Crippen molar-refractivity contribution in [2.75, 3.05) is 0 Å². The smallest absolute Gasteiger partial charge is 0.261 e. The summed E-state index contributed by atoms with van der Waals surface area (Å²) in [6.07, 6.45) is 3.30. The van der Waals surface area contributed by atoms with Gasteiger partial charge >= 0.3 is 0 Å². The molecule has 1 unspecified atom stereocenters. The number of hydrogen-bond donors (Lipinski definition) is 1. The number of pyridine rings is 1. The molecule has 0 aliphatic carbocycles. The highest BCUT2D eigenvalue weighted by Gasteiger charge is 2.38. The van der Waals surface area contributed by atoms with Crippen LogP contribution in [0.3, 0.4) is 0 Å². The minimum Gasteiger partial charge on any atom is -0.509 e. The van der Waals surface area contributed by atoms with Crippen molar-refractivity contribution in [1.29, 1.82) is 0 Å². The molecule has 1 aliphatic rings. The molecule has 1 aromatic rings. The molecule has 1 amide bonds. The van der Waals surface area contributed by atoms with Gasteiger partial charge in [-0.2, -0.15) is 0 Å². The van der Waals surface area contributed by atoms with Gasteiger partial charge in [0.15, 0.2) is 5.78 Å². The Morgan fingerprint density at radius 3 is 2.78 bits per heavy atom. The van der Waals surface area contributed by atoms with Crippen molar-refractivity contribution in [3.8, 4) is 0 Å². The van der Waals surface area contributed by atoms with Crippen molar-refractivity contribution < 1.29 is 14.7 Å². The number of aliphatic hydroxyl groups is 1. The van der Waals surface area contributed by atoms with Crippen LogP contribution >= 0.6 is 0 Å². The van der Waals surface area contributed by atoms with Gasteiger partial charge in [0, 0.05) is 18.9 Å². The zero-order valence-electron chi connectivity index (χ0n) is 10.3. The molecule has 0 fully saturated rings. The van der Waals surface area contributed by atoms with Gasteiger partial charge in [0.05, 0.1) is 6.04 Å². The lowest BCUT2D eigenvalue weighted by Gasteiger charge is -2.21. The molecule has 0 saturated carbocycles. The predicted octanol–water partition coefficient (Wildman–Crippen LogP) is 1.21. The third-order valence-corrected chi connectivity index (χ3v) is 3.02. The maximum absolute atomic E-state index is 12.0. The monoisotopic (exact) mass is 246 g/mol. The maximum Gasteiger partial charge on any atom is 0.261 e. The summed E-state index contributed by atoms with van der Waals surface area (Å²) >= 11 is 0. The summed E-state index contributed by atoms with van der Waals surface area (Å²) in [5.74, 6) is -0.967. The first kappa shape index (κ1) is 12.3. The predicted molar refractivity (Wildman–Crippen MR) is 64.6 cm³/mol.